The molecule has 20 heavy (non-hydrogen) atoms. The molecule has 0 aliphatic carbocycles. The Morgan fingerprint density at radius 2 is 1.85 bits per heavy atom. The van der Waals surface area contributed by atoms with E-state index in [2.05, 4.69) is 39.6 Å². The first-order chi connectivity index (χ1) is 9.85. The Bertz CT molecular complexity index is 724. The summed E-state index contributed by atoms with van der Waals surface area (Å²) >= 11 is 0. The molecule has 0 saturated heterocycles. The van der Waals surface area contributed by atoms with Gasteiger partial charge in [0.15, 0.2) is 0 Å². The van der Waals surface area contributed by atoms with Crippen LogP contribution in [-0.4, -0.2) is 16.5 Å². The largest absolute Gasteiger partial charge is 0.340 e. The topological polar surface area (TPSA) is 63.8 Å². The molecule has 0 atom stereocenters. The average molecular weight is 264 g/mol. The van der Waals surface area contributed by atoms with Gasteiger partial charge >= 0.3 is 0 Å². The van der Waals surface area contributed by atoms with Crippen molar-refractivity contribution < 1.29 is 0 Å². The molecule has 3 aromatic rings. The minimum Gasteiger partial charge on any atom is -0.340 e. The average Bonchev–Trinajstić information content (AvgIpc) is 2.48. The third-order valence-corrected chi connectivity index (χ3v) is 3.10. The summed E-state index contributed by atoms with van der Waals surface area (Å²) in [6.07, 6.45) is 2.44. The van der Waals surface area contributed by atoms with E-state index in [4.69, 9.17) is 5.73 Å². The van der Waals surface area contributed by atoms with Crippen LogP contribution in [0.15, 0.2) is 54.7 Å². The van der Waals surface area contributed by atoms with E-state index in [-0.39, 0.29) is 0 Å². The van der Waals surface area contributed by atoms with E-state index in [1.807, 2.05) is 24.3 Å². The zero-order valence-corrected chi connectivity index (χ0v) is 11.1. The van der Waals surface area contributed by atoms with E-state index in [9.17, 15) is 0 Å². The van der Waals surface area contributed by atoms with E-state index >= 15 is 0 Å². The highest BCUT2D eigenvalue weighted by atomic mass is 15.0. The highest BCUT2D eigenvalue weighted by molar-refractivity contribution is 5.86. The second-order valence-corrected chi connectivity index (χ2v) is 4.58. The number of rotatable bonds is 4. The molecular formula is C16H16N4. The van der Waals surface area contributed by atoms with Crippen LogP contribution in [0.3, 0.4) is 0 Å². The second kappa shape index (κ2) is 5.67. The van der Waals surface area contributed by atoms with Crippen LogP contribution in [0.2, 0.25) is 0 Å². The molecule has 0 saturated carbocycles. The lowest BCUT2D eigenvalue weighted by Gasteiger charge is -2.08. The van der Waals surface area contributed by atoms with Gasteiger partial charge in [-0.25, -0.2) is 9.97 Å². The van der Waals surface area contributed by atoms with Crippen molar-refractivity contribution in [2.24, 2.45) is 5.73 Å². The van der Waals surface area contributed by atoms with Gasteiger partial charge < -0.3 is 11.1 Å². The van der Waals surface area contributed by atoms with Crippen molar-refractivity contribution in [3.63, 3.8) is 0 Å². The van der Waals surface area contributed by atoms with Crippen LogP contribution in [0.4, 0.5) is 11.5 Å². The molecule has 2 aromatic carbocycles. The Kier molecular flexibility index (Phi) is 3.56. The predicted octanol–water partition coefficient (Wildman–Crippen LogP) is 2.87. The van der Waals surface area contributed by atoms with Crippen molar-refractivity contribution in [1.29, 1.82) is 0 Å². The van der Waals surface area contributed by atoms with Crippen molar-refractivity contribution in [2.75, 3.05) is 11.9 Å². The van der Waals surface area contributed by atoms with Gasteiger partial charge in [-0.3, -0.25) is 0 Å². The van der Waals surface area contributed by atoms with Crippen LogP contribution in [0, 0.1) is 0 Å². The number of nitrogens with one attached hydrogen (secondary N) is 1. The van der Waals surface area contributed by atoms with Gasteiger partial charge in [0, 0.05) is 18.3 Å². The van der Waals surface area contributed by atoms with Gasteiger partial charge in [0.1, 0.15) is 11.6 Å². The molecule has 0 radical (unpaired) electrons. The van der Waals surface area contributed by atoms with Gasteiger partial charge in [0.2, 0.25) is 0 Å². The normalized spacial score (nSPS) is 10.7. The summed E-state index contributed by atoms with van der Waals surface area (Å²) in [6.45, 7) is 0.555. The Labute approximate surface area is 117 Å². The van der Waals surface area contributed by atoms with Gasteiger partial charge in [-0.2, -0.15) is 0 Å². The van der Waals surface area contributed by atoms with Gasteiger partial charge in [0.25, 0.3) is 0 Å². The fourth-order valence-corrected chi connectivity index (χ4v) is 2.13. The van der Waals surface area contributed by atoms with E-state index < -0.39 is 0 Å². The zero-order valence-electron chi connectivity index (χ0n) is 11.1. The van der Waals surface area contributed by atoms with Gasteiger partial charge in [0.05, 0.1) is 0 Å². The van der Waals surface area contributed by atoms with E-state index in [0.717, 1.165) is 17.3 Å². The fourth-order valence-electron chi connectivity index (χ4n) is 2.13. The number of benzene rings is 2. The summed E-state index contributed by atoms with van der Waals surface area (Å²) in [5.41, 5.74) is 6.54. The third kappa shape index (κ3) is 2.75. The molecule has 0 unspecified atom stereocenters. The number of fused-ring (bicyclic) bond motifs is 1. The minimum atomic E-state index is 0.555. The molecular weight excluding hydrogens is 248 g/mol. The highest BCUT2D eigenvalue weighted by Crippen LogP contribution is 2.21. The lowest BCUT2D eigenvalue weighted by atomic mass is 10.1. The Morgan fingerprint density at radius 3 is 2.70 bits per heavy atom. The molecule has 0 spiro atoms. The van der Waals surface area contributed by atoms with Gasteiger partial charge in [-0.05, 0) is 35.5 Å². The van der Waals surface area contributed by atoms with Crippen LogP contribution in [0.1, 0.15) is 5.82 Å². The Hall–Kier alpha value is -2.46. The molecule has 1 aromatic heterocycles. The first-order valence-corrected chi connectivity index (χ1v) is 6.63. The Morgan fingerprint density at radius 1 is 1.00 bits per heavy atom. The van der Waals surface area contributed by atoms with Crippen LogP contribution < -0.4 is 11.1 Å². The maximum absolute atomic E-state index is 5.53. The lowest BCUT2D eigenvalue weighted by molar-refractivity contribution is 0.870. The smallest absolute Gasteiger partial charge is 0.134 e. The van der Waals surface area contributed by atoms with Crippen LogP contribution in [-0.2, 0) is 6.42 Å². The molecule has 3 rings (SSSR count). The first kappa shape index (κ1) is 12.6. The predicted molar refractivity (Wildman–Crippen MR) is 82.0 cm³/mol. The maximum Gasteiger partial charge on any atom is 0.134 e. The number of hydrogen-bond acceptors (Lipinski definition) is 4. The molecule has 3 N–H and O–H groups in total. The molecule has 4 heteroatoms. The maximum atomic E-state index is 5.53. The molecule has 1 heterocycles. The van der Waals surface area contributed by atoms with Gasteiger partial charge in [-0.15, -0.1) is 0 Å². The first-order valence-electron chi connectivity index (χ1n) is 6.63. The van der Waals surface area contributed by atoms with Crippen molar-refractivity contribution in [1.82, 2.24) is 9.97 Å². The highest BCUT2D eigenvalue weighted by Gasteiger charge is 2.00. The fraction of sp³-hybridized carbons (Fsp3) is 0.125. The summed E-state index contributed by atoms with van der Waals surface area (Å²) in [6, 6.07) is 16.4. The lowest BCUT2D eigenvalue weighted by Crippen LogP contribution is -2.07. The molecule has 0 bridgehead atoms. The van der Waals surface area contributed by atoms with Crippen LogP contribution >= 0.6 is 0 Å². The van der Waals surface area contributed by atoms with E-state index in [0.29, 0.717) is 13.0 Å². The number of aromatic nitrogens is 2. The summed E-state index contributed by atoms with van der Waals surface area (Å²) in [5.74, 6) is 1.55. The van der Waals surface area contributed by atoms with E-state index in [1.54, 1.807) is 6.20 Å². The summed E-state index contributed by atoms with van der Waals surface area (Å²) in [4.78, 5) is 8.63. The van der Waals surface area contributed by atoms with E-state index in [1.165, 1.54) is 10.8 Å². The van der Waals surface area contributed by atoms with Crippen LogP contribution in [0.25, 0.3) is 10.8 Å². The van der Waals surface area contributed by atoms with Crippen molar-refractivity contribution in [3.8, 4) is 0 Å². The molecule has 0 aliphatic heterocycles. The number of nitrogens with two attached hydrogens (primary N) is 1. The SMILES string of the molecule is NCCc1nccc(Nc2ccc3ccccc3c2)n1. The van der Waals surface area contributed by atoms with Gasteiger partial charge in [-0.1, -0.05) is 30.3 Å². The standard InChI is InChI=1S/C16H16N4/c17-9-7-15-18-10-8-16(20-15)19-14-6-5-12-3-1-2-4-13(12)11-14/h1-6,8,10-11H,7,9,17H2,(H,18,19,20). The number of anilines is 2. The summed E-state index contributed by atoms with van der Waals surface area (Å²) in [5, 5.41) is 5.73. The monoisotopic (exact) mass is 264 g/mol. The van der Waals surface area contributed by atoms with Crippen molar-refractivity contribution in [3.05, 3.63) is 60.6 Å². The molecule has 0 fully saturated rings. The number of nitrogens with zero attached hydrogens (tertiary/aromatic N) is 2. The molecule has 100 valence electrons. The molecule has 4 nitrogen and oxygen atoms in total. The van der Waals surface area contributed by atoms with Crippen molar-refractivity contribution >= 4 is 22.3 Å². The third-order valence-electron chi connectivity index (χ3n) is 3.10. The zero-order chi connectivity index (χ0) is 13.8. The quantitative estimate of drug-likeness (QED) is 0.760. The summed E-state index contributed by atoms with van der Waals surface area (Å²) in [7, 11) is 0. The summed E-state index contributed by atoms with van der Waals surface area (Å²) < 4.78 is 0. The minimum absolute atomic E-state index is 0.555. The van der Waals surface area contributed by atoms with Crippen LogP contribution in [0.5, 0.6) is 0 Å². The molecule has 0 aliphatic rings. The Balaban J connectivity index is 1.87. The molecule has 0 amide bonds. The van der Waals surface area contributed by atoms with Crippen molar-refractivity contribution in [2.45, 2.75) is 6.42 Å². The number of hydrogen-bond donors (Lipinski definition) is 2. The second-order valence-electron chi connectivity index (χ2n) is 4.58.